The second kappa shape index (κ2) is 7.89. The summed E-state index contributed by atoms with van der Waals surface area (Å²) in [5, 5.41) is 11.9. The molecule has 0 bridgehead atoms. The van der Waals surface area contributed by atoms with Gasteiger partial charge in [0.1, 0.15) is 6.04 Å². The highest BCUT2D eigenvalue weighted by Crippen LogP contribution is 2.21. The molecule has 2 aliphatic rings. The van der Waals surface area contributed by atoms with E-state index in [0.717, 1.165) is 31.8 Å². The molecule has 21 heavy (non-hydrogen) atoms. The Morgan fingerprint density at radius 1 is 1.33 bits per heavy atom. The maximum Gasteiger partial charge on any atom is 0.326 e. The van der Waals surface area contributed by atoms with Gasteiger partial charge in [-0.2, -0.15) is 11.8 Å². The highest BCUT2D eigenvalue weighted by molar-refractivity contribution is 7.98. The number of carbonyl (C=O) groups is 2. The Kier molecular flexibility index (Phi) is 6.17. The molecule has 2 aliphatic heterocycles. The number of nitrogens with one attached hydrogen (secondary N) is 1. The number of urea groups is 1. The fraction of sp³-hybridized carbons (Fsp3) is 0.857. The molecule has 120 valence electrons. The molecule has 0 radical (unpaired) electrons. The molecule has 2 N–H and O–H groups in total. The molecule has 2 heterocycles. The van der Waals surface area contributed by atoms with Crippen molar-refractivity contribution in [3.8, 4) is 0 Å². The largest absolute Gasteiger partial charge is 0.480 e. The Morgan fingerprint density at radius 3 is 2.86 bits per heavy atom. The summed E-state index contributed by atoms with van der Waals surface area (Å²) in [6, 6.07) is -0.559. The molecule has 7 heteroatoms. The molecule has 0 aromatic carbocycles. The molecule has 2 atom stereocenters. The first-order valence-corrected chi connectivity index (χ1v) is 9.02. The van der Waals surface area contributed by atoms with Crippen LogP contribution in [0.25, 0.3) is 0 Å². The van der Waals surface area contributed by atoms with Crippen LogP contribution >= 0.6 is 11.8 Å². The zero-order chi connectivity index (χ0) is 15.2. The van der Waals surface area contributed by atoms with Gasteiger partial charge in [-0.25, -0.2) is 9.59 Å². The minimum absolute atomic E-state index is 0.228. The average molecular weight is 315 g/mol. The van der Waals surface area contributed by atoms with Crippen molar-refractivity contribution in [1.82, 2.24) is 15.1 Å². The van der Waals surface area contributed by atoms with Crippen molar-refractivity contribution in [3.63, 3.8) is 0 Å². The van der Waals surface area contributed by atoms with Crippen molar-refractivity contribution >= 4 is 23.8 Å². The summed E-state index contributed by atoms with van der Waals surface area (Å²) in [6.07, 6.45) is 6.01. The van der Waals surface area contributed by atoms with Gasteiger partial charge in [-0.15, -0.1) is 0 Å². The van der Waals surface area contributed by atoms with E-state index in [-0.39, 0.29) is 6.03 Å². The third-order valence-corrected chi connectivity index (χ3v) is 4.97. The van der Waals surface area contributed by atoms with Crippen LogP contribution in [0.5, 0.6) is 0 Å². The maximum atomic E-state index is 12.3. The molecule has 0 aromatic heterocycles. The second-order valence-corrected chi connectivity index (χ2v) is 6.74. The van der Waals surface area contributed by atoms with E-state index in [1.54, 1.807) is 16.7 Å². The number of carboxylic acid groups (broad SMARTS) is 1. The summed E-state index contributed by atoms with van der Waals surface area (Å²) < 4.78 is 0. The van der Waals surface area contributed by atoms with Crippen molar-refractivity contribution in [1.29, 1.82) is 0 Å². The Labute approximate surface area is 130 Å². The Bertz CT molecular complexity index is 380. The summed E-state index contributed by atoms with van der Waals surface area (Å²) >= 11 is 1.59. The average Bonchev–Trinajstić information content (AvgIpc) is 2.50. The summed E-state index contributed by atoms with van der Waals surface area (Å²) in [6.45, 7) is 3.45. The molecule has 0 saturated carbocycles. The number of carbonyl (C=O) groups excluding carboxylic acids is 1. The van der Waals surface area contributed by atoms with Crippen molar-refractivity contribution in [2.75, 3.05) is 38.2 Å². The fourth-order valence-electron chi connectivity index (χ4n) is 3.07. The van der Waals surface area contributed by atoms with Crippen LogP contribution in [-0.2, 0) is 4.79 Å². The first-order chi connectivity index (χ1) is 10.1. The zero-order valence-corrected chi connectivity index (χ0v) is 13.4. The lowest BCUT2D eigenvalue weighted by Gasteiger charge is -2.44. The molecular formula is C14H25N3O3S. The SMILES string of the molecule is CSCC[C@H](NC(=O)N1CCN2CCCCC2C1)C(=O)O. The van der Waals surface area contributed by atoms with E-state index >= 15 is 0 Å². The van der Waals surface area contributed by atoms with E-state index in [1.807, 2.05) is 6.26 Å². The quantitative estimate of drug-likeness (QED) is 0.794. The molecule has 2 amide bonds. The summed E-state index contributed by atoms with van der Waals surface area (Å²) in [5.74, 6) is -0.220. The number of rotatable bonds is 5. The highest BCUT2D eigenvalue weighted by Gasteiger charge is 2.32. The number of hydrogen-bond acceptors (Lipinski definition) is 4. The molecular weight excluding hydrogens is 290 g/mol. The van der Waals surface area contributed by atoms with E-state index < -0.39 is 12.0 Å². The second-order valence-electron chi connectivity index (χ2n) is 5.75. The fourth-order valence-corrected chi connectivity index (χ4v) is 3.55. The third kappa shape index (κ3) is 4.51. The van der Waals surface area contributed by atoms with Crippen LogP contribution in [0.4, 0.5) is 4.79 Å². The van der Waals surface area contributed by atoms with Gasteiger partial charge in [0.05, 0.1) is 0 Å². The van der Waals surface area contributed by atoms with Crippen LogP contribution in [0.3, 0.4) is 0 Å². The van der Waals surface area contributed by atoms with Crippen LogP contribution in [0.2, 0.25) is 0 Å². The Balaban J connectivity index is 1.85. The van der Waals surface area contributed by atoms with Crippen molar-refractivity contribution in [2.24, 2.45) is 0 Å². The van der Waals surface area contributed by atoms with Gasteiger partial charge in [0.2, 0.25) is 0 Å². The van der Waals surface area contributed by atoms with Gasteiger partial charge >= 0.3 is 12.0 Å². The zero-order valence-electron chi connectivity index (χ0n) is 12.6. The minimum Gasteiger partial charge on any atom is -0.480 e. The van der Waals surface area contributed by atoms with Crippen molar-refractivity contribution in [3.05, 3.63) is 0 Å². The number of piperazine rings is 1. The topological polar surface area (TPSA) is 72.9 Å². The van der Waals surface area contributed by atoms with E-state index in [1.165, 1.54) is 12.8 Å². The van der Waals surface area contributed by atoms with Gasteiger partial charge in [-0.1, -0.05) is 6.42 Å². The Hall–Kier alpha value is -0.950. The van der Waals surface area contributed by atoms with Crippen molar-refractivity contribution in [2.45, 2.75) is 37.8 Å². The molecule has 2 saturated heterocycles. The number of amides is 2. The normalized spacial score (nSPS) is 24.2. The van der Waals surface area contributed by atoms with E-state index in [4.69, 9.17) is 0 Å². The number of aliphatic carboxylic acids is 1. The van der Waals surface area contributed by atoms with Crippen molar-refractivity contribution < 1.29 is 14.7 Å². The lowest BCUT2D eigenvalue weighted by Crippen LogP contribution is -2.59. The van der Waals surface area contributed by atoms with Crippen LogP contribution in [-0.4, -0.2) is 77.2 Å². The van der Waals surface area contributed by atoms with E-state index in [2.05, 4.69) is 10.2 Å². The molecule has 2 fully saturated rings. The smallest absolute Gasteiger partial charge is 0.326 e. The summed E-state index contributed by atoms with van der Waals surface area (Å²) in [7, 11) is 0. The van der Waals surface area contributed by atoms with Gasteiger partial charge in [0.15, 0.2) is 0 Å². The molecule has 1 unspecified atom stereocenters. The monoisotopic (exact) mass is 315 g/mol. The van der Waals surface area contributed by atoms with Gasteiger partial charge in [0, 0.05) is 25.7 Å². The minimum atomic E-state index is -0.950. The number of thioether (sulfide) groups is 1. The number of piperidine rings is 1. The first-order valence-electron chi connectivity index (χ1n) is 7.63. The van der Waals surface area contributed by atoms with Gasteiger partial charge in [0.25, 0.3) is 0 Å². The Morgan fingerprint density at radius 2 is 2.14 bits per heavy atom. The third-order valence-electron chi connectivity index (χ3n) is 4.33. The first kappa shape index (κ1) is 16.4. The van der Waals surface area contributed by atoms with Gasteiger partial charge in [-0.3, -0.25) is 4.90 Å². The molecule has 2 rings (SSSR count). The molecule has 0 aromatic rings. The standard InChI is InChI=1S/C14H25N3O3S/c1-21-9-5-12(13(18)19)15-14(20)17-8-7-16-6-3-2-4-11(16)10-17/h11-12H,2-10H2,1H3,(H,15,20)(H,18,19)/t11?,12-/m0/s1. The maximum absolute atomic E-state index is 12.3. The van der Waals surface area contributed by atoms with Crippen LogP contribution in [0.15, 0.2) is 0 Å². The lowest BCUT2D eigenvalue weighted by atomic mass is 10.00. The van der Waals surface area contributed by atoms with Crippen LogP contribution in [0.1, 0.15) is 25.7 Å². The summed E-state index contributed by atoms with van der Waals surface area (Å²) in [5.41, 5.74) is 0. The number of fused-ring (bicyclic) bond motifs is 1. The number of nitrogens with zero attached hydrogens (tertiary/aromatic N) is 2. The van der Waals surface area contributed by atoms with Crippen LogP contribution in [0, 0.1) is 0 Å². The number of hydrogen-bond donors (Lipinski definition) is 2. The van der Waals surface area contributed by atoms with Gasteiger partial charge in [-0.05, 0) is 37.8 Å². The molecule has 0 spiro atoms. The van der Waals surface area contributed by atoms with E-state index in [9.17, 15) is 14.7 Å². The number of carboxylic acids is 1. The predicted molar refractivity (Wildman–Crippen MR) is 83.7 cm³/mol. The van der Waals surface area contributed by atoms with E-state index in [0.29, 0.717) is 19.0 Å². The highest BCUT2D eigenvalue weighted by atomic mass is 32.2. The molecule has 6 nitrogen and oxygen atoms in total. The molecule has 0 aliphatic carbocycles. The summed E-state index contributed by atoms with van der Waals surface area (Å²) in [4.78, 5) is 27.7. The lowest BCUT2D eigenvalue weighted by molar-refractivity contribution is -0.139. The van der Waals surface area contributed by atoms with Gasteiger partial charge < -0.3 is 15.3 Å². The van der Waals surface area contributed by atoms with Crippen LogP contribution < -0.4 is 5.32 Å². The predicted octanol–water partition coefficient (Wildman–Crippen LogP) is 1.07.